The van der Waals surface area contributed by atoms with E-state index in [-0.39, 0.29) is 11.1 Å². The first-order chi connectivity index (χ1) is 13.2. The fourth-order valence-corrected chi connectivity index (χ4v) is 3.15. The van der Waals surface area contributed by atoms with Crippen molar-refractivity contribution in [1.82, 2.24) is 0 Å². The number of carbonyl (C=O) groups excluding carboxylic acids is 2. The average Bonchev–Trinajstić information content (AvgIpc) is 2.69. The van der Waals surface area contributed by atoms with E-state index in [0.717, 1.165) is 50.3 Å². The van der Waals surface area contributed by atoms with Crippen molar-refractivity contribution in [2.45, 2.75) is 71.1 Å². The summed E-state index contributed by atoms with van der Waals surface area (Å²) < 4.78 is 10.7. The van der Waals surface area contributed by atoms with E-state index in [2.05, 4.69) is 22.9 Å². The number of esters is 2. The molecule has 1 aromatic rings. The van der Waals surface area contributed by atoms with Crippen LogP contribution in [0.3, 0.4) is 0 Å². The van der Waals surface area contributed by atoms with Gasteiger partial charge in [-0.15, -0.1) is 0 Å². The van der Waals surface area contributed by atoms with Gasteiger partial charge in [-0.1, -0.05) is 79.9 Å². The normalized spacial score (nSPS) is 10.6. The minimum Gasteiger partial charge on any atom is -0.462 e. The smallest absolute Gasteiger partial charge is 0.339 e. The molecule has 0 aliphatic heterocycles. The second-order valence-electron chi connectivity index (χ2n) is 6.69. The van der Waals surface area contributed by atoms with Gasteiger partial charge in [-0.25, -0.2) is 9.59 Å². The maximum absolute atomic E-state index is 12.3. The number of hydrogen-bond acceptors (Lipinski definition) is 4. The third-order valence-corrected chi connectivity index (χ3v) is 4.92. The van der Waals surface area contributed by atoms with Crippen LogP contribution in [0.4, 0.5) is 0 Å². The van der Waals surface area contributed by atoms with E-state index < -0.39 is 11.9 Å². The molecule has 0 fully saturated rings. The number of rotatable bonds is 15. The Hall–Kier alpha value is -1.36. The molecule has 0 atom stereocenters. The van der Waals surface area contributed by atoms with Gasteiger partial charge in [0.15, 0.2) is 0 Å². The fraction of sp³-hybridized carbons (Fsp3) is 0.636. The Morgan fingerprint density at radius 1 is 0.741 bits per heavy atom. The summed E-state index contributed by atoms with van der Waals surface area (Å²) in [5.41, 5.74) is 0.571. The van der Waals surface area contributed by atoms with Gasteiger partial charge < -0.3 is 9.47 Å². The van der Waals surface area contributed by atoms with Gasteiger partial charge in [0.25, 0.3) is 0 Å². The molecule has 0 aliphatic carbocycles. The van der Waals surface area contributed by atoms with Gasteiger partial charge in [0.05, 0.1) is 24.3 Å². The molecule has 0 radical (unpaired) electrons. The molecule has 5 heteroatoms. The molecule has 0 heterocycles. The summed E-state index contributed by atoms with van der Waals surface area (Å²) in [7, 11) is 0. The van der Waals surface area contributed by atoms with E-state index in [1.54, 1.807) is 24.3 Å². The summed E-state index contributed by atoms with van der Waals surface area (Å²) in [5.74, 6) is -0.904. The molecule has 4 nitrogen and oxygen atoms in total. The van der Waals surface area contributed by atoms with E-state index in [0.29, 0.717) is 13.2 Å². The van der Waals surface area contributed by atoms with Crippen LogP contribution in [0.1, 0.15) is 91.8 Å². The summed E-state index contributed by atoms with van der Waals surface area (Å²) in [5, 5.41) is 1.06. The van der Waals surface area contributed by atoms with Gasteiger partial charge in [-0.2, -0.15) is 0 Å². The molecule has 152 valence electrons. The van der Waals surface area contributed by atoms with Gasteiger partial charge in [0, 0.05) is 5.33 Å². The van der Waals surface area contributed by atoms with Crippen molar-refractivity contribution >= 4 is 27.9 Å². The second kappa shape index (κ2) is 15.7. The summed E-state index contributed by atoms with van der Waals surface area (Å²) in [4.78, 5) is 24.6. The summed E-state index contributed by atoms with van der Waals surface area (Å²) in [6, 6.07) is 6.71. The molecule has 0 spiro atoms. The first-order valence-corrected chi connectivity index (χ1v) is 11.3. The van der Waals surface area contributed by atoms with Gasteiger partial charge in [-0.05, 0) is 31.4 Å². The van der Waals surface area contributed by atoms with Crippen molar-refractivity contribution in [1.29, 1.82) is 0 Å². The van der Waals surface area contributed by atoms with Gasteiger partial charge in [-0.3, -0.25) is 0 Å². The topological polar surface area (TPSA) is 52.6 Å². The molecule has 27 heavy (non-hydrogen) atoms. The summed E-state index contributed by atoms with van der Waals surface area (Å²) in [6.07, 6.45) is 10.9. The Balaban J connectivity index is 2.36. The minimum absolute atomic E-state index is 0.285. The standard InChI is InChI=1S/C22H33BrO4/c1-2-3-4-12-17-26-21(24)19-14-9-10-15-20(19)22(25)27-18-13-8-6-5-7-11-16-23/h9-10,14-15H,2-8,11-13,16-18H2,1H3. The highest BCUT2D eigenvalue weighted by atomic mass is 79.9. The number of alkyl halides is 1. The highest BCUT2D eigenvalue weighted by molar-refractivity contribution is 9.09. The number of halogens is 1. The lowest BCUT2D eigenvalue weighted by atomic mass is 10.1. The van der Waals surface area contributed by atoms with Crippen LogP contribution in [0.5, 0.6) is 0 Å². The van der Waals surface area contributed by atoms with Crippen LogP contribution in [0, 0.1) is 0 Å². The van der Waals surface area contributed by atoms with Crippen molar-refractivity contribution in [3.63, 3.8) is 0 Å². The van der Waals surface area contributed by atoms with Crippen LogP contribution in [0.2, 0.25) is 0 Å². The predicted octanol–water partition coefficient (Wildman–Crippen LogP) is 6.32. The molecule has 0 aliphatic rings. The zero-order valence-corrected chi connectivity index (χ0v) is 18.1. The van der Waals surface area contributed by atoms with Crippen molar-refractivity contribution in [2.24, 2.45) is 0 Å². The first-order valence-electron chi connectivity index (χ1n) is 10.2. The largest absolute Gasteiger partial charge is 0.462 e. The molecular formula is C22H33BrO4. The quantitative estimate of drug-likeness (QED) is 0.182. The van der Waals surface area contributed by atoms with Crippen LogP contribution in [-0.4, -0.2) is 30.5 Å². The molecular weight excluding hydrogens is 408 g/mol. The van der Waals surface area contributed by atoms with Gasteiger partial charge in [0.2, 0.25) is 0 Å². The Bertz CT molecular complexity index is 545. The zero-order chi connectivity index (χ0) is 19.7. The van der Waals surface area contributed by atoms with E-state index in [4.69, 9.17) is 9.47 Å². The highest BCUT2D eigenvalue weighted by Gasteiger charge is 2.18. The lowest BCUT2D eigenvalue weighted by molar-refractivity contribution is 0.0450. The second-order valence-corrected chi connectivity index (χ2v) is 7.48. The molecule has 1 rings (SSSR count). The average molecular weight is 441 g/mol. The van der Waals surface area contributed by atoms with E-state index in [1.165, 1.54) is 19.3 Å². The van der Waals surface area contributed by atoms with Crippen molar-refractivity contribution in [3.8, 4) is 0 Å². The van der Waals surface area contributed by atoms with Crippen molar-refractivity contribution < 1.29 is 19.1 Å². The number of ether oxygens (including phenoxy) is 2. The molecule has 0 aromatic heterocycles. The third-order valence-electron chi connectivity index (χ3n) is 4.36. The molecule has 1 aromatic carbocycles. The molecule has 0 bridgehead atoms. The fourth-order valence-electron chi connectivity index (χ4n) is 2.76. The first kappa shape index (κ1) is 23.7. The van der Waals surface area contributed by atoms with Crippen LogP contribution in [0.15, 0.2) is 24.3 Å². The van der Waals surface area contributed by atoms with Crippen LogP contribution in [0.25, 0.3) is 0 Å². The number of carbonyl (C=O) groups is 2. The molecule has 0 saturated carbocycles. The predicted molar refractivity (Wildman–Crippen MR) is 113 cm³/mol. The Morgan fingerprint density at radius 3 is 1.67 bits per heavy atom. The third kappa shape index (κ3) is 10.5. The molecule has 0 unspecified atom stereocenters. The van der Waals surface area contributed by atoms with E-state index in [9.17, 15) is 9.59 Å². The van der Waals surface area contributed by atoms with Gasteiger partial charge in [0.1, 0.15) is 0 Å². The van der Waals surface area contributed by atoms with E-state index >= 15 is 0 Å². The monoisotopic (exact) mass is 440 g/mol. The maximum Gasteiger partial charge on any atom is 0.339 e. The van der Waals surface area contributed by atoms with Crippen molar-refractivity contribution in [2.75, 3.05) is 18.5 Å². The van der Waals surface area contributed by atoms with Crippen molar-refractivity contribution in [3.05, 3.63) is 35.4 Å². The number of benzene rings is 1. The maximum atomic E-state index is 12.3. The minimum atomic E-state index is -0.453. The lowest BCUT2D eigenvalue weighted by Crippen LogP contribution is -2.15. The Morgan fingerprint density at radius 2 is 1.19 bits per heavy atom. The number of unbranched alkanes of at least 4 members (excludes halogenated alkanes) is 8. The van der Waals surface area contributed by atoms with Crippen LogP contribution < -0.4 is 0 Å². The lowest BCUT2D eigenvalue weighted by Gasteiger charge is -2.10. The van der Waals surface area contributed by atoms with Crippen LogP contribution >= 0.6 is 15.9 Å². The Labute approximate surface area is 172 Å². The summed E-state index contributed by atoms with van der Waals surface area (Å²) in [6.45, 7) is 2.91. The molecule has 0 N–H and O–H groups in total. The molecule has 0 saturated heterocycles. The van der Waals surface area contributed by atoms with Gasteiger partial charge >= 0.3 is 11.9 Å². The summed E-state index contributed by atoms with van der Waals surface area (Å²) >= 11 is 3.43. The van der Waals surface area contributed by atoms with Crippen LogP contribution in [-0.2, 0) is 9.47 Å². The van der Waals surface area contributed by atoms with E-state index in [1.807, 2.05) is 0 Å². The Kier molecular flexibility index (Phi) is 13.7. The SMILES string of the molecule is CCCCCCOC(=O)c1ccccc1C(=O)OCCCCCCCCBr. The zero-order valence-electron chi connectivity index (χ0n) is 16.5. The molecule has 0 amide bonds. The number of hydrogen-bond donors (Lipinski definition) is 0. The highest BCUT2D eigenvalue weighted by Crippen LogP contribution is 2.13.